The number of hydrogen-bond acceptors (Lipinski definition) is 5. The number of aryl methyl sites for hydroxylation is 1. The second-order valence-electron chi connectivity index (χ2n) is 6.06. The van der Waals surface area contributed by atoms with Crippen LogP contribution in [0.5, 0.6) is 5.75 Å². The minimum absolute atomic E-state index is 0.0703. The van der Waals surface area contributed by atoms with Crippen LogP contribution in [0.3, 0.4) is 0 Å². The van der Waals surface area contributed by atoms with E-state index in [9.17, 15) is 14.4 Å². The molecule has 0 fully saturated rings. The molecular formula is C21H23NO5. The molecule has 0 aliphatic heterocycles. The number of ether oxygens (including phenoxy) is 2. The van der Waals surface area contributed by atoms with E-state index in [1.165, 1.54) is 7.11 Å². The number of benzene rings is 2. The number of Topliss-reactive ketones (excluding diaryl/α,β-unsaturated/α-hetero) is 1. The van der Waals surface area contributed by atoms with Crippen molar-refractivity contribution < 1.29 is 23.9 Å². The molecule has 0 heterocycles. The molecule has 6 heteroatoms. The Kier molecular flexibility index (Phi) is 7.11. The first kappa shape index (κ1) is 20.2. The van der Waals surface area contributed by atoms with Crippen LogP contribution < -0.4 is 10.1 Å². The number of carbonyl (C=O) groups is 3. The summed E-state index contributed by atoms with van der Waals surface area (Å²) < 4.78 is 10.3. The molecule has 6 nitrogen and oxygen atoms in total. The van der Waals surface area contributed by atoms with Crippen molar-refractivity contribution in [3.8, 4) is 5.75 Å². The van der Waals surface area contributed by atoms with Gasteiger partial charge in [-0.15, -0.1) is 0 Å². The van der Waals surface area contributed by atoms with Gasteiger partial charge in [-0.1, -0.05) is 13.0 Å². The summed E-state index contributed by atoms with van der Waals surface area (Å²) in [5, 5.41) is 2.75. The average molecular weight is 369 g/mol. The van der Waals surface area contributed by atoms with E-state index in [-0.39, 0.29) is 18.3 Å². The highest BCUT2D eigenvalue weighted by atomic mass is 16.5. The molecule has 2 rings (SSSR count). The standard InChI is InChI=1S/C21H23NO5/c1-4-5-20(24)22-17-10-8-15(9-11-17)18(23)13-27-21(25)16-7-6-14(2)19(12-16)26-3/h6-12H,4-5,13H2,1-3H3,(H,22,24). The van der Waals surface area contributed by atoms with Gasteiger partial charge in [0.2, 0.25) is 5.91 Å². The molecule has 0 atom stereocenters. The predicted octanol–water partition coefficient (Wildman–Crippen LogP) is 3.78. The van der Waals surface area contributed by atoms with Crippen LogP contribution in [0.15, 0.2) is 42.5 Å². The fourth-order valence-electron chi connectivity index (χ4n) is 2.43. The zero-order chi connectivity index (χ0) is 19.8. The molecule has 2 aromatic rings. The van der Waals surface area contributed by atoms with Gasteiger partial charge in [0.25, 0.3) is 0 Å². The van der Waals surface area contributed by atoms with Crippen molar-refractivity contribution in [1.82, 2.24) is 0 Å². The Hall–Kier alpha value is -3.15. The number of amides is 1. The van der Waals surface area contributed by atoms with E-state index in [0.29, 0.717) is 29.0 Å². The quantitative estimate of drug-likeness (QED) is 0.566. The van der Waals surface area contributed by atoms with Crippen LogP contribution in [0, 0.1) is 6.92 Å². The Balaban J connectivity index is 1.93. The Morgan fingerprint density at radius 2 is 1.67 bits per heavy atom. The van der Waals surface area contributed by atoms with Gasteiger partial charge in [-0.2, -0.15) is 0 Å². The van der Waals surface area contributed by atoms with Crippen molar-refractivity contribution in [1.29, 1.82) is 0 Å². The van der Waals surface area contributed by atoms with E-state index in [4.69, 9.17) is 9.47 Å². The molecule has 0 spiro atoms. The molecule has 0 aliphatic rings. The average Bonchev–Trinajstić information content (AvgIpc) is 2.67. The van der Waals surface area contributed by atoms with E-state index < -0.39 is 5.97 Å². The number of rotatable bonds is 8. The number of esters is 1. The molecule has 1 amide bonds. The van der Waals surface area contributed by atoms with Crippen LogP contribution in [0.1, 0.15) is 46.0 Å². The lowest BCUT2D eigenvalue weighted by atomic mass is 10.1. The molecule has 0 bridgehead atoms. The molecule has 0 aliphatic carbocycles. The van der Waals surface area contributed by atoms with Crippen LogP contribution in [-0.2, 0) is 9.53 Å². The predicted molar refractivity (Wildman–Crippen MR) is 102 cm³/mol. The lowest BCUT2D eigenvalue weighted by Gasteiger charge is -2.08. The minimum atomic E-state index is -0.593. The van der Waals surface area contributed by atoms with Gasteiger partial charge >= 0.3 is 5.97 Å². The number of nitrogens with one attached hydrogen (secondary N) is 1. The maximum atomic E-state index is 12.2. The van der Waals surface area contributed by atoms with Gasteiger partial charge in [0, 0.05) is 17.7 Å². The zero-order valence-corrected chi connectivity index (χ0v) is 15.7. The van der Waals surface area contributed by atoms with Gasteiger partial charge in [-0.3, -0.25) is 9.59 Å². The highest BCUT2D eigenvalue weighted by Gasteiger charge is 2.13. The number of anilines is 1. The fourth-order valence-corrected chi connectivity index (χ4v) is 2.43. The van der Waals surface area contributed by atoms with Crippen molar-refractivity contribution in [2.75, 3.05) is 19.0 Å². The van der Waals surface area contributed by atoms with Gasteiger partial charge in [-0.05, 0) is 55.3 Å². The van der Waals surface area contributed by atoms with Crippen LogP contribution >= 0.6 is 0 Å². The molecule has 27 heavy (non-hydrogen) atoms. The Morgan fingerprint density at radius 3 is 2.30 bits per heavy atom. The number of carbonyl (C=O) groups excluding carboxylic acids is 3. The number of ketones is 1. The van der Waals surface area contributed by atoms with Gasteiger partial charge in [0.15, 0.2) is 12.4 Å². The molecule has 0 saturated heterocycles. The van der Waals surface area contributed by atoms with Gasteiger partial charge in [0.1, 0.15) is 5.75 Å². The van der Waals surface area contributed by atoms with Gasteiger partial charge in [-0.25, -0.2) is 4.79 Å². The summed E-state index contributed by atoms with van der Waals surface area (Å²) in [7, 11) is 1.52. The summed E-state index contributed by atoms with van der Waals surface area (Å²) in [6.07, 6.45) is 1.21. The highest BCUT2D eigenvalue weighted by molar-refractivity contribution is 6.00. The Labute approximate surface area is 158 Å². The molecule has 0 unspecified atom stereocenters. The summed E-state index contributed by atoms with van der Waals surface area (Å²) in [4.78, 5) is 35.9. The summed E-state index contributed by atoms with van der Waals surface area (Å²) in [6, 6.07) is 11.4. The summed E-state index contributed by atoms with van der Waals surface area (Å²) in [6.45, 7) is 3.43. The second-order valence-corrected chi connectivity index (χ2v) is 6.06. The molecule has 1 N–H and O–H groups in total. The van der Waals surface area contributed by atoms with Crippen molar-refractivity contribution in [2.45, 2.75) is 26.7 Å². The third kappa shape index (κ3) is 5.67. The van der Waals surface area contributed by atoms with Crippen molar-refractivity contribution in [2.24, 2.45) is 0 Å². The normalized spacial score (nSPS) is 10.2. The monoisotopic (exact) mass is 369 g/mol. The van der Waals surface area contributed by atoms with E-state index >= 15 is 0 Å². The SMILES string of the molecule is CCCC(=O)Nc1ccc(C(=O)COC(=O)c2ccc(C)c(OC)c2)cc1. The van der Waals surface area contributed by atoms with Crippen LogP contribution in [0.4, 0.5) is 5.69 Å². The Bertz CT molecular complexity index is 827. The second kappa shape index (κ2) is 9.52. The number of methoxy groups -OCH3 is 1. The van der Waals surface area contributed by atoms with E-state index in [2.05, 4.69) is 5.32 Å². The third-order valence-electron chi connectivity index (χ3n) is 3.95. The maximum Gasteiger partial charge on any atom is 0.338 e. The van der Waals surface area contributed by atoms with Crippen molar-refractivity contribution in [3.63, 3.8) is 0 Å². The van der Waals surface area contributed by atoms with Gasteiger partial charge < -0.3 is 14.8 Å². The van der Waals surface area contributed by atoms with Crippen LogP contribution in [-0.4, -0.2) is 31.4 Å². The highest BCUT2D eigenvalue weighted by Crippen LogP contribution is 2.19. The molecular weight excluding hydrogens is 346 g/mol. The Morgan fingerprint density at radius 1 is 1.00 bits per heavy atom. The minimum Gasteiger partial charge on any atom is -0.496 e. The molecule has 0 radical (unpaired) electrons. The van der Waals surface area contributed by atoms with E-state index in [0.717, 1.165) is 12.0 Å². The van der Waals surface area contributed by atoms with E-state index in [1.54, 1.807) is 42.5 Å². The van der Waals surface area contributed by atoms with Crippen LogP contribution in [0.2, 0.25) is 0 Å². The third-order valence-corrected chi connectivity index (χ3v) is 3.95. The fraction of sp³-hybridized carbons (Fsp3) is 0.286. The zero-order valence-electron chi connectivity index (χ0n) is 15.7. The van der Waals surface area contributed by atoms with Crippen LogP contribution in [0.25, 0.3) is 0 Å². The van der Waals surface area contributed by atoms with Gasteiger partial charge in [0.05, 0.1) is 12.7 Å². The largest absolute Gasteiger partial charge is 0.496 e. The summed E-state index contributed by atoms with van der Waals surface area (Å²) >= 11 is 0. The van der Waals surface area contributed by atoms with Crippen molar-refractivity contribution in [3.05, 3.63) is 59.2 Å². The summed E-state index contributed by atoms with van der Waals surface area (Å²) in [5.41, 5.74) is 2.24. The number of hydrogen-bond donors (Lipinski definition) is 1. The topological polar surface area (TPSA) is 81.7 Å². The first-order chi connectivity index (χ1) is 12.9. The molecule has 2 aromatic carbocycles. The first-order valence-electron chi connectivity index (χ1n) is 8.69. The first-order valence-corrected chi connectivity index (χ1v) is 8.69. The molecule has 0 aromatic heterocycles. The van der Waals surface area contributed by atoms with Crippen molar-refractivity contribution >= 4 is 23.3 Å². The summed E-state index contributed by atoms with van der Waals surface area (Å²) in [5.74, 6) is -0.408. The molecule has 0 saturated carbocycles. The smallest absolute Gasteiger partial charge is 0.338 e. The lowest BCUT2D eigenvalue weighted by Crippen LogP contribution is -2.15. The lowest BCUT2D eigenvalue weighted by molar-refractivity contribution is -0.116. The van der Waals surface area contributed by atoms with E-state index in [1.807, 2.05) is 13.8 Å². The molecule has 142 valence electrons. The maximum absolute atomic E-state index is 12.2.